The van der Waals surface area contributed by atoms with E-state index >= 15 is 0 Å². The van der Waals surface area contributed by atoms with E-state index in [9.17, 15) is 9.50 Å². The third-order valence-electron chi connectivity index (χ3n) is 0.863. The number of hydrogen-bond acceptors (Lipinski definition) is 1. The molecule has 1 heterocycles. The molecule has 1 rings (SSSR count). The molecule has 1 radical (unpaired) electrons. The molecule has 0 bridgehead atoms. The molecule has 0 aromatic carbocycles. The monoisotopic (exact) mass is 143 g/mol. The summed E-state index contributed by atoms with van der Waals surface area (Å²) in [5, 5.41) is 12.2. The highest BCUT2D eigenvalue weighted by Crippen LogP contribution is 2.17. The minimum absolute atomic E-state index is 0.0752. The van der Waals surface area contributed by atoms with E-state index in [4.69, 9.17) is 0 Å². The van der Waals surface area contributed by atoms with Crippen molar-refractivity contribution in [2.75, 3.05) is 0 Å². The van der Waals surface area contributed by atoms with Gasteiger partial charge in [-0.1, -0.05) is 6.07 Å². The first kappa shape index (κ1) is 6.29. The third kappa shape index (κ3) is 1.29. The Bertz CT molecular complexity index is 203. The van der Waals surface area contributed by atoms with E-state index in [0.29, 0.717) is 4.88 Å². The van der Waals surface area contributed by atoms with Crippen LogP contribution in [0.5, 0.6) is 0 Å². The summed E-state index contributed by atoms with van der Waals surface area (Å²) >= 11 is 1.23. The Morgan fingerprint density at radius 3 is 3.00 bits per heavy atom. The Morgan fingerprint density at radius 2 is 2.56 bits per heavy atom. The second-order valence-electron chi connectivity index (χ2n) is 1.45. The maximum absolute atomic E-state index is 11.5. The quantitative estimate of drug-likeness (QED) is 0.538. The van der Waals surface area contributed by atoms with Crippen molar-refractivity contribution >= 4 is 17.1 Å². The van der Waals surface area contributed by atoms with E-state index < -0.39 is 5.76 Å². The third-order valence-corrected chi connectivity index (χ3v) is 1.75. The highest BCUT2D eigenvalue weighted by molar-refractivity contribution is 7.11. The lowest BCUT2D eigenvalue weighted by atomic mass is 10.4. The standard InChI is InChI=1S/C6H4FOS/c7-4-5(8)6-2-1-3-9-6/h1-4H. The minimum atomic E-state index is -0.551. The van der Waals surface area contributed by atoms with Crippen LogP contribution in [0.15, 0.2) is 23.8 Å². The maximum Gasteiger partial charge on any atom is 0.223 e. The van der Waals surface area contributed by atoms with Crippen LogP contribution in [-0.2, 0) is 5.11 Å². The highest BCUT2D eigenvalue weighted by Gasteiger charge is 1.99. The molecule has 0 aliphatic carbocycles. The number of hydrogen-bond donors (Lipinski definition) is 0. The van der Waals surface area contributed by atoms with Crippen molar-refractivity contribution in [2.24, 2.45) is 0 Å². The molecule has 0 unspecified atom stereocenters. The Morgan fingerprint density at radius 1 is 1.78 bits per heavy atom. The van der Waals surface area contributed by atoms with Crippen LogP contribution in [0.3, 0.4) is 0 Å². The first-order valence-corrected chi connectivity index (χ1v) is 3.24. The molecule has 0 aliphatic rings. The summed E-state index contributed by atoms with van der Waals surface area (Å²) in [5.74, 6) is -0.551. The Hall–Kier alpha value is -0.830. The summed E-state index contributed by atoms with van der Waals surface area (Å²) in [6.45, 7) is 0. The van der Waals surface area contributed by atoms with E-state index in [1.807, 2.05) is 0 Å². The lowest BCUT2D eigenvalue weighted by molar-refractivity contribution is 0.382. The lowest BCUT2D eigenvalue weighted by Gasteiger charge is -1.82. The summed E-state index contributed by atoms with van der Waals surface area (Å²) in [6.07, 6.45) is 0.0752. The van der Waals surface area contributed by atoms with Gasteiger partial charge < -0.3 is 0 Å². The van der Waals surface area contributed by atoms with Crippen LogP contribution in [0, 0.1) is 0 Å². The smallest absolute Gasteiger partial charge is 0.223 e. The van der Waals surface area contributed by atoms with E-state index in [2.05, 4.69) is 0 Å². The van der Waals surface area contributed by atoms with Crippen LogP contribution >= 0.6 is 11.3 Å². The Kier molecular flexibility index (Phi) is 1.85. The summed E-state index contributed by atoms with van der Waals surface area (Å²) in [7, 11) is 0. The largest absolute Gasteiger partial charge is 0.286 e. The normalized spacial score (nSPS) is 11.9. The van der Waals surface area contributed by atoms with Crippen LogP contribution in [0.25, 0.3) is 5.76 Å². The molecule has 0 saturated carbocycles. The Labute approximate surface area is 56.1 Å². The van der Waals surface area contributed by atoms with Gasteiger partial charge in [0.2, 0.25) is 5.76 Å². The van der Waals surface area contributed by atoms with Gasteiger partial charge in [-0.2, -0.15) is 0 Å². The second kappa shape index (κ2) is 2.64. The van der Waals surface area contributed by atoms with E-state index in [1.54, 1.807) is 17.5 Å². The maximum atomic E-state index is 11.5. The van der Waals surface area contributed by atoms with Crippen LogP contribution in [0.4, 0.5) is 4.39 Å². The van der Waals surface area contributed by atoms with Gasteiger partial charge in [-0.25, -0.2) is 4.39 Å². The fraction of sp³-hybridized carbons (Fsp3) is 0. The molecule has 1 nitrogen and oxygen atoms in total. The van der Waals surface area contributed by atoms with Gasteiger partial charge >= 0.3 is 0 Å². The van der Waals surface area contributed by atoms with Crippen LogP contribution < -0.4 is 0 Å². The zero-order valence-corrected chi connectivity index (χ0v) is 5.32. The van der Waals surface area contributed by atoms with Gasteiger partial charge in [-0.05, 0) is 11.4 Å². The number of rotatable bonds is 1. The molecule has 1 aromatic rings. The predicted octanol–water partition coefficient (Wildman–Crippen LogP) is 2.45. The fourth-order valence-corrected chi connectivity index (χ4v) is 1.09. The van der Waals surface area contributed by atoms with E-state index in [1.165, 1.54) is 11.3 Å². The summed E-state index contributed by atoms with van der Waals surface area (Å²) in [5.41, 5.74) is 0. The van der Waals surface area contributed by atoms with Crippen molar-refractivity contribution in [3.8, 4) is 0 Å². The zero-order valence-electron chi connectivity index (χ0n) is 4.50. The van der Waals surface area contributed by atoms with Crippen molar-refractivity contribution in [2.45, 2.75) is 0 Å². The van der Waals surface area contributed by atoms with Gasteiger partial charge in [-0.15, -0.1) is 11.3 Å². The molecule has 0 N–H and O–H groups in total. The van der Waals surface area contributed by atoms with E-state index in [-0.39, 0.29) is 6.33 Å². The number of halogens is 1. The van der Waals surface area contributed by atoms with Gasteiger partial charge in [0.05, 0.1) is 4.88 Å². The van der Waals surface area contributed by atoms with Gasteiger partial charge in [0, 0.05) is 0 Å². The Balaban J connectivity index is 2.90. The van der Waals surface area contributed by atoms with Crippen molar-refractivity contribution < 1.29 is 9.50 Å². The zero-order chi connectivity index (χ0) is 6.69. The van der Waals surface area contributed by atoms with Crippen molar-refractivity contribution in [3.05, 3.63) is 28.7 Å². The molecule has 9 heavy (non-hydrogen) atoms. The van der Waals surface area contributed by atoms with Crippen LogP contribution in [0.2, 0.25) is 0 Å². The van der Waals surface area contributed by atoms with Gasteiger partial charge in [0.25, 0.3) is 0 Å². The molecule has 0 saturated heterocycles. The van der Waals surface area contributed by atoms with E-state index in [0.717, 1.165) is 0 Å². The number of thiophene rings is 1. The second-order valence-corrected chi connectivity index (χ2v) is 2.40. The summed E-state index contributed by atoms with van der Waals surface area (Å²) < 4.78 is 11.5. The van der Waals surface area contributed by atoms with Gasteiger partial charge in [0.15, 0.2) is 0 Å². The molecule has 0 atom stereocenters. The molecule has 1 aromatic heterocycles. The predicted molar refractivity (Wildman–Crippen MR) is 34.1 cm³/mol. The molecular weight excluding hydrogens is 139 g/mol. The fourth-order valence-electron chi connectivity index (χ4n) is 0.473. The van der Waals surface area contributed by atoms with Crippen molar-refractivity contribution in [1.29, 1.82) is 0 Å². The van der Waals surface area contributed by atoms with Crippen LogP contribution in [-0.4, -0.2) is 0 Å². The van der Waals surface area contributed by atoms with Crippen LogP contribution in [0.1, 0.15) is 4.88 Å². The van der Waals surface area contributed by atoms with Gasteiger partial charge in [-0.3, -0.25) is 5.11 Å². The minimum Gasteiger partial charge on any atom is -0.286 e. The lowest BCUT2D eigenvalue weighted by Crippen LogP contribution is -1.68. The first-order valence-electron chi connectivity index (χ1n) is 2.36. The topological polar surface area (TPSA) is 19.9 Å². The molecule has 0 aliphatic heterocycles. The molecule has 0 fully saturated rings. The van der Waals surface area contributed by atoms with Crippen molar-refractivity contribution in [1.82, 2.24) is 0 Å². The summed E-state index contributed by atoms with van der Waals surface area (Å²) in [4.78, 5) is 0.442. The highest BCUT2D eigenvalue weighted by atomic mass is 32.1. The first-order chi connectivity index (χ1) is 4.34. The SMILES string of the molecule is [O]C(=CF)c1cccs1. The molecule has 0 amide bonds. The molecule has 47 valence electrons. The van der Waals surface area contributed by atoms with Crippen molar-refractivity contribution in [3.63, 3.8) is 0 Å². The molecule has 0 spiro atoms. The molecule has 3 heteroatoms. The summed E-state index contributed by atoms with van der Waals surface area (Å²) in [6, 6.07) is 3.30. The average Bonchev–Trinajstić information content (AvgIpc) is 2.37. The van der Waals surface area contributed by atoms with Gasteiger partial charge in [0.1, 0.15) is 6.33 Å². The average molecular weight is 143 g/mol. The molecular formula is C6H4FOS.